The molecule has 0 aliphatic carbocycles. The van der Waals surface area contributed by atoms with Gasteiger partial charge in [-0.15, -0.1) is 0 Å². The molecule has 4 aromatic rings. The minimum absolute atomic E-state index is 0. The van der Waals surface area contributed by atoms with Gasteiger partial charge in [-0.3, -0.25) is 19.9 Å². The third kappa shape index (κ3) is 5.71. The molecule has 0 atom stereocenters. The molecule has 49 heavy (non-hydrogen) atoms. The molecule has 9 rings (SSSR count). The molecular weight excluding hydrogens is 658 g/mol. The summed E-state index contributed by atoms with van der Waals surface area (Å²) >= 11 is 0. The first-order chi connectivity index (χ1) is 23.8. The zero-order chi connectivity index (χ0) is 31.9. The first-order valence-electron chi connectivity index (χ1n) is 15.5. The van der Waals surface area contributed by atoms with Gasteiger partial charge in [-0.2, -0.15) is 0 Å². The Hall–Kier alpha value is -6.18. The maximum Gasteiger partial charge on any atom is 0.0854 e. The van der Waals surface area contributed by atoms with E-state index in [9.17, 15) is 0 Å². The maximum atomic E-state index is 5.42. The predicted molar refractivity (Wildman–Crippen MR) is 191 cm³/mol. The van der Waals surface area contributed by atoms with E-state index in [1.54, 1.807) is 24.8 Å². The normalized spacial score (nSPS) is 17.5. The first kappa shape index (κ1) is 30.2. The average Bonchev–Trinajstić information content (AvgIpc) is 3.94. The molecule has 0 saturated heterocycles. The van der Waals surface area contributed by atoms with E-state index < -0.39 is 0 Å². The van der Waals surface area contributed by atoms with Gasteiger partial charge in [0.15, 0.2) is 0 Å². The van der Waals surface area contributed by atoms with Gasteiger partial charge in [0, 0.05) is 61.0 Å². The van der Waals surface area contributed by atoms with Gasteiger partial charge >= 0.3 is 0 Å². The Balaban J connectivity index is 0.00000348. The summed E-state index contributed by atoms with van der Waals surface area (Å²) in [7, 11) is 0. The Kier molecular flexibility index (Phi) is 7.88. The molecule has 0 amide bonds. The van der Waals surface area contributed by atoms with Crippen molar-refractivity contribution in [3.05, 3.63) is 192 Å². The maximum absolute atomic E-state index is 5.42. The van der Waals surface area contributed by atoms with Gasteiger partial charge < -0.3 is 0 Å². The molecule has 0 unspecified atom stereocenters. The van der Waals surface area contributed by atoms with Gasteiger partial charge in [0.25, 0.3) is 0 Å². The predicted octanol–water partition coefficient (Wildman–Crippen LogP) is 7.27. The van der Waals surface area contributed by atoms with Crippen LogP contribution >= 0.6 is 0 Å². The molecule has 0 radical (unpaired) electrons. The first-order valence-corrected chi connectivity index (χ1v) is 15.5. The number of aliphatic imine (C=N–C) groups is 4. The molecular formula is C40H24N8Zn. The fourth-order valence-corrected chi connectivity index (χ4v) is 6.13. The van der Waals surface area contributed by atoms with Gasteiger partial charge in [-0.1, -0.05) is 24.3 Å². The molecule has 9 heteroatoms. The second kappa shape index (κ2) is 12.8. The van der Waals surface area contributed by atoms with E-state index >= 15 is 0 Å². The van der Waals surface area contributed by atoms with Crippen LogP contribution < -0.4 is 0 Å². The van der Waals surface area contributed by atoms with Crippen molar-refractivity contribution in [3.63, 3.8) is 0 Å². The Morgan fingerprint density at radius 2 is 0.898 bits per heavy atom. The molecule has 0 aromatic carbocycles. The summed E-state index contributed by atoms with van der Waals surface area (Å²) in [6.45, 7) is 0. The summed E-state index contributed by atoms with van der Waals surface area (Å²) in [5, 5.41) is 0. The van der Waals surface area contributed by atoms with Crippen LogP contribution in [0.25, 0.3) is 22.3 Å². The molecule has 226 valence electrons. The van der Waals surface area contributed by atoms with Crippen molar-refractivity contribution in [3.8, 4) is 0 Å². The average molecular weight is 682 g/mol. The summed E-state index contributed by atoms with van der Waals surface area (Å²) in [5.74, 6) is 0. The van der Waals surface area contributed by atoms with E-state index in [0.29, 0.717) is 22.8 Å². The van der Waals surface area contributed by atoms with Gasteiger partial charge in [-0.05, 0) is 97.1 Å². The fourth-order valence-electron chi connectivity index (χ4n) is 6.13. The van der Waals surface area contributed by atoms with Crippen molar-refractivity contribution >= 4 is 45.1 Å². The number of rotatable bonds is 4. The Bertz CT molecular complexity index is 2390. The zero-order valence-electron chi connectivity index (χ0n) is 26.1. The van der Waals surface area contributed by atoms with Crippen molar-refractivity contribution in [1.29, 1.82) is 0 Å². The Morgan fingerprint density at radius 1 is 0.388 bits per heavy atom. The third-order valence-corrected chi connectivity index (χ3v) is 8.18. The van der Waals surface area contributed by atoms with Crippen LogP contribution in [-0.2, 0) is 19.5 Å². The van der Waals surface area contributed by atoms with Crippen LogP contribution in [0.15, 0.2) is 189 Å². The number of hydrogen-bond donors (Lipinski definition) is 0. The SMILES string of the molecule is C1=CC2=NC1=CC1=NC(=C(c3ccccn3)C3=NC(=CC4=NC(=C2)C=C4)C=C3c2ccccn2)C(c2ccccn2)=C1c1ccccn1.[Zn]. The summed E-state index contributed by atoms with van der Waals surface area (Å²) in [4.78, 5) is 39.7. The number of hydrogen-bond acceptors (Lipinski definition) is 8. The van der Waals surface area contributed by atoms with E-state index in [2.05, 4.69) is 6.08 Å². The Labute approximate surface area is 295 Å². The van der Waals surface area contributed by atoms with Crippen molar-refractivity contribution in [1.82, 2.24) is 19.9 Å². The van der Waals surface area contributed by atoms with Gasteiger partial charge in [-0.25, -0.2) is 20.0 Å². The van der Waals surface area contributed by atoms with Crippen molar-refractivity contribution < 1.29 is 19.5 Å². The van der Waals surface area contributed by atoms with E-state index in [1.165, 1.54) is 0 Å². The van der Waals surface area contributed by atoms with Crippen molar-refractivity contribution in [2.75, 3.05) is 0 Å². The van der Waals surface area contributed by atoms with Crippen LogP contribution in [0.1, 0.15) is 22.8 Å². The molecule has 0 saturated carbocycles. The second-order valence-electron chi connectivity index (χ2n) is 11.3. The van der Waals surface area contributed by atoms with E-state index in [1.807, 2.05) is 115 Å². The van der Waals surface area contributed by atoms with Gasteiger partial charge in [0.05, 0.1) is 74.0 Å². The molecule has 5 aliphatic rings. The monoisotopic (exact) mass is 680 g/mol. The molecule has 8 bridgehead atoms. The van der Waals surface area contributed by atoms with E-state index in [4.69, 9.17) is 39.9 Å². The van der Waals surface area contributed by atoms with Crippen LogP contribution in [0.5, 0.6) is 0 Å². The van der Waals surface area contributed by atoms with Crippen LogP contribution in [-0.4, -0.2) is 42.8 Å². The summed E-state index contributed by atoms with van der Waals surface area (Å²) in [6.07, 6.45) is 23.1. The number of fused-ring (bicyclic) bond motifs is 4. The topological polar surface area (TPSA) is 101 Å². The molecule has 9 heterocycles. The molecule has 0 N–H and O–H groups in total. The molecule has 0 fully saturated rings. The second-order valence-corrected chi connectivity index (χ2v) is 11.3. The molecule has 0 spiro atoms. The third-order valence-electron chi connectivity index (χ3n) is 8.18. The summed E-state index contributed by atoms with van der Waals surface area (Å²) < 4.78 is 0. The standard InChI is InChI=1S/C40H24N8.Zn/c1-5-17-41-31(9-1)30-23-29-22-27-14-13-25(45-27)21-26-15-16-28(46-26)24-35-36(32-10-2-6-18-42-32)37(33-11-3-7-19-43-33)40(48-35)38(39(30)47-29)34-12-4-8-20-44-34;/h1-24H;. The zero-order valence-corrected chi connectivity index (χ0v) is 29.1. The number of aromatic nitrogens is 4. The quantitative estimate of drug-likeness (QED) is 0.212. The van der Waals surface area contributed by atoms with Crippen LogP contribution in [0.2, 0.25) is 0 Å². The fraction of sp³-hybridized carbons (Fsp3) is 0. The van der Waals surface area contributed by atoms with E-state index in [-0.39, 0.29) is 19.5 Å². The summed E-state index contributed by atoms with van der Waals surface area (Å²) in [6, 6.07) is 23.5. The van der Waals surface area contributed by atoms with Crippen molar-refractivity contribution in [2.45, 2.75) is 0 Å². The molecule has 8 nitrogen and oxygen atoms in total. The number of nitrogens with zero attached hydrogens (tertiary/aromatic N) is 8. The van der Waals surface area contributed by atoms with Crippen LogP contribution in [0.3, 0.4) is 0 Å². The minimum atomic E-state index is 0. The molecule has 5 aliphatic heterocycles. The van der Waals surface area contributed by atoms with E-state index in [0.717, 1.165) is 67.9 Å². The van der Waals surface area contributed by atoms with Crippen LogP contribution in [0, 0.1) is 0 Å². The summed E-state index contributed by atoms with van der Waals surface area (Å²) in [5.41, 5.74) is 12.3. The van der Waals surface area contributed by atoms with Crippen LogP contribution in [0.4, 0.5) is 0 Å². The smallest absolute Gasteiger partial charge is 0.0854 e. The van der Waals surface area contributed by atoms with Gasteiger partial charge in [0.1, 0.15) is 0 Å². The van der Waals surface area contributed by atoms with Gasteiger partial charge in [0.2, 0.25) is 0 Å². The number of allylic oxidation sites excluding steroid dienone is 12. The minimum Gasteiger partial charge on any atom is -0.256 e. The molecule has 4 aromatic heterocycles. The van der Waals surface area contributed by atoms with Crippen molar-refractivity contribution in [2.24, 2.45) is 20.0 Å². The number of pyridine rings is 4. The largest absolute Gasteiger partial charge is 0.256 e. The Morgan fingerprint density at radius 3 is 1.47 bits per heavy atom.